The number of benzene rings is 1. The number of methoxy groups -OCH3 is 1. The number of halogens is 2. The van der Waals surface area contributed by atoms with E-state index in [0.29, 0.717) is 6.04 Å². The normalized spacial score (nSPS) is 17.7. The molecule has 0 radical (unpaired) electrons. The summed E-state index contributed by atoms with van der Waals surface area (Å²) in [6.07, 6.45) is 3.17. The second-order valence-electron chi connectivity index (χ2n) is 6.78. The molecule has 0 saturated carbocycles. The van der Waals surface area contributed by atoms with Crippen molar-refractivity contribution in [1.29, 1.82) is 0 Å². The van der Waals surface area contributed by atoms with Crippen LogP contribution in [0.15, 0.2) is 23.2 Å². The Morgan fingerprint density at radius 2 is 2.19 bits per heavy atom. The molecule has 1 aromatic rings. The molecule has 1 saturated heterocycles. The zero-order valence-electron chi connectivity index (χ0n) is 16.1. The highest BCUT2D eigenvalue weighted by Gasteiger charge is 2.26. The molecule has 0 aliphatic carbocycles. The van der Waals surface area contributed by atoms with Crippen molar-refractivity contribution < 1.29 is 4.74 Å². The lowest BCUT2D eigenvalue weighted by Crippen LogP contribution is -2.47. The van der Waals surface area contributed by atoms with Crippen molar-refractivity contribution >= 4 is 59.0 Å². The molecule has 1 unspecified atom stereocenters. The van der Waals surface area contributed by atoms with Crippen LogP contribution in [-0.2, 0) is 0 Å². The molecule has 1 aromatic carbocycles. The van der Waals surface area contributed by atoms with Gasteiger partial charge in [-0.3, -0.25) is 4.99 Å². The SMILES string of the molecule is CN=C(NCC(C)(C)SC)NC1CCN(c2cc(Cl)ccc2OC)C1.I. The Hall–Kier alpha value is -0.540. The van der Waals surface area contributed by atoms with Crippen molar-refractivity contribution in [2.45, 2.75) is 31.1 Å². The number of nitrogens with zero attached hydrogens (tertiary/aromatic N) is 2. The maximum Gasteiger partial charge on any atom is 0.191 e. The number of nitrogens with one attached hydrogen (secondary N) is 2. The first-order valence-electron chi connectivity index (χ1n) is 8.49. The number of hydrogen-bond acceptors (Lipinski definition) is 4. The number of ether oxygens (including phenoxy) is 1. The number of anilines is 1. The van der Waals surface area contributed by atoms with Crippen LogP contribution in [0.3, 0.4) is 0 Å². The Morgan fingerprint density at radius 3 is 2.81 bits per heavy atom. The summed E-state index contributed by atoms with van der Waals surface area (Å²) < 4.78 is 5.65. The van der Waals surface area contributed by atoms with Gasteiger partial charge in [0.05, 0.1) is 12.8 Å². The quantitative estimate of drug-likeness (QED) is 0.344. The number of rotatable bonds is 6. The van der Waals surface area contributed by atoms with Crippen LogP contribution in [0.2, 0.25) is 5.02 Å². The lowest BCUT2D eigenvalue weighted by molar-refractivity contribution is 0.415. The zero-order chi connectivity index (χ0) is 18.4. The molecular formula is C18H30ClIN4OS. The van der Waals surface area contributed by atoms with Crippen LogP contribution in [0, 0.1) is 0 Å². The molecule has 0 aromatic heterocycles. The standard InChI is InChI=1S/C18H29ClN4OS.HI/c1-18(2,25-5)12-21-17(20-3)22-14-8-9-23(11-14)15-10-13(19)6-7-16(15)24-4;/h6-7,10,14H,8-9,11-12H2,1-5H3,(H2,20,21,22);1H. The highest BCUT2D eigenvalue weighted by atomic mass is 127. The van der Waals surface area contributed by atoms with Gasteiger partial charge >= 0.3 is 0 Å². The van der Waals surface area contributed by atoms with Crippen LogP contribution >= 0.6 is 47.3 Å². The number of guanidine groups is 1. The maximum absolute atomic E-state index is 6.16. The summed E-state index contributed by atoms with van der Waals surface area (Å²) >= 11 is 8.01. The van der Waals surface area contributed by atoms with E-state index in [0.717, 1.165) is 48.5 Å². The summed E-state index contributed by atoms with van der Waals surface area (Å²) in [7, 11) is 3.51. The van der Waals surface area contributed by atoms with E-state index in [1.54, 1.807) is 7.11 Å². The number of hydrogen-bond donors (Lipinski definition) is 2. The van der Waals surface area contributed by atoms with Crippen molar-refractivity contribution in [2.75, 3.05) is 44.9 Å². The Bertz CT molecular complexity index is 615. The topological polar surface area (TPSA) is 48.9 Å². The van der Waals surface area contributed by atoms with Gasteiger partial charge < -0.3 is 20.3 Å². The fourth-order valence-corrected chi connectivity index (χ4v) is 3.15. The summed E-state index contributed by atoms with van der Waals surface area (Å²) in [5, 5.41) is 7.68. The highest BCUT2D eigenvalue weighted by Crippen LogP contribution is 2.33. The van der Waals surface area contributed by atoms with Gasteiger partial charge in [-0.25, -0.2) is 0 Å². The fraction of sp³-hybridized carbons (Fsp3) is 0.611. The van der Waals surface area contributed by atoms with Gasteiger partial charge in [0.1, 0.15) is 5.75 Å². The Kier molecular flexibility index (Phi) is 9.68. The first-order valence-corrected chi connectivity index (χ1v) is 10.1. The molecule has 2 rings (SSSR count). The van der Waals surface area contributed by atoms with E-state index in [9.17, 15) is 0 Å². The average molecular weight is 513 g/mol. The van der Waals surface area contributed by atoms with Crippen LogP contribution in [0.4, 0.5) is 5.69 Å². The number of aliphatic imine (C=N–C) groups is 1. The Labute approximate surface area is 183 Å². The van der Waals surface area contributed by atoms with Gasteiger partial charge in [-0.05, 0) is 44.7 Å². The van der Waals surface area contributed by atoms with Gasteiger partial charge in [0.2, 0.25) is 0 Å². The minimum Gasteiger partial charge on any atom is -0.495 e. The first kappa shape index (κ1) is 23.5. The van der Waals surface area contributed by atoms with Crippen molar-refractivity contribution in [3.63, 3.8) is 0 Å². The summed E-state index contributed by atoms with van der Waals surface area (Å²) in [6, 6.07) is 6.09. The molecule has 1 fully saturated rings. The lowest BCUT2D eigenvalue weighted by Gasteiger charge is -2.25. The fourth-order valence-electron chi connectivity index (χ4n) is 2.76. The maximum atomic E-state index is 6.16. The van der Waals surface area contributed by atoms with Gasteiger partial charge in [0.25, 0.3) is 0 Å². The van der Waals surface area contributed by atoms with Crippen LogP contribution in [0.25, 0.3) is 0 Å². The lowest BCUT2D eigenvalue weighted by atomic mass is 10.2. The monoisotopic (exact) mass is 512 g/mol. The Balaban J connectivity index is 0.00000338. The van der Waals surface area contributed by atoms with E-state index in [4.69, 9.17) is 16.3 Å². The summed E-state index contributed by atoms with van der Waals surface area (Å²) in [5.41, 5.74) is 1.05. The summed E-state index contributed by atoms with van der Waals surface area (Å²) in [4.78, 5) is 6.66. The van der Waals surface area contributed by atoms with Gasteiger partial charge in [-0.15, -0.1) is 24.0 Å². The molecule has 1 aliphatic rings. The molecule has 0 bridgehead atoms. The van der Waals surface area contributed by atoms with Gasteiger partial charge in [-0.2, -0.15) is 11.8 Å². The van der Waals surface area contributed by atoms with E-state index in [2.05, 4.69) is 40.6 Å². The summed E-state index contributed by atoms with van der Waals surface area (Å²) in [5.74, 6) is 1.71. The van der Waals surface area contributed by atoms with Crippen molar-refractivity contribution in [3.8, 4) is 5.75 Å². The minimum absolute atomic E-state index is 0. The van der Waals surface area contributed by atoms with Crippen molar-refractivity contribution in [2.24, 2.45) is 4.99 Å². The van der Waals surface area contributed by atoms with E-state index in [1.165, 1.54) is 0 Å². The molecule has 2 N–H and O–H groups in total. The van der Waals surface area contributed by atoms with Gasteiger partial charge in [0.15, 0.2) is 5.96 Å². The average Bonchev–Trinajstić information content (AvgIpc) is 3.07. The molecule has 0 spiro atoms. The summed E-state index contributed by atoms with van der Waals surface area (Å²) in [6.45, 7) is 7.17. The van der Waals surface area contributed by atoms with E-state index >= 15 is 0 Å². The number of thioether (sulfide) groups is 1. The van der Waals surface area contributed by atoms with Crippen LogP contribution in [-0.4, -0.2) is 56.8 Å². The second-order valence-corrected chi connectivity index (χ2v) is 8.73. The van der Waals surface area contributed by atoms with E-state index in [-0.39, 0.29) is 28.7 Å². The predicted octanol–water partition coefficient (Wildman–Crippen LogP) is 3.85. The largest absolute Gasteiger partial charge is 0.495 e. The van der Waals surface area contributed by atoms with E-state index < -0.39 is 0 Å². The van der Waals surface area contributed by atoms with Crippen LogP contribution in [0.5, 0.6) is 5.75 Å². The zero-order valence-corrected chi connectivity index (χ0v) is 20.0. The molecule has 0 amide bonds. The smallest absolute Gasteiger partial charge is 0.191 e. The highest BCUT2D eigenvalue weighted by molar-refractivity contribution is 14.0. The second kappa shape index (κ2) is 10.7. The molecular weight excluding hydrogens is 483 g/mol. The third-order valence-corrected chi connectivity index (χ3v) is 5.95. The third kappa shape index (κ3) is 6.56. The van der Waals surface area contributed by atoms with Gasteiger partial charge in [0, 0.05) is 42.5 Å². The van der Waals surface area contributed by atoms with Crippen molar-refractivity contribution in [1.82, 2.24) is 10.6 Å². The molecule has 1 aliphatic heterocycles. The predicted molar refractivity (Wildman–Crippen MR) is 126 cm³/mol. The Morgan fingerprint density at radius 1 is 1.46 bits per heavy atom. The minimum atomic E-state index is 0. The third-order valence-electron chi connectivity index (χ3n) is 4.47. The molecule has 5 nitrogen and oxygen atoms in total. The molecule has 26 heavy (non-hydrogen) atoms. The molecule has 8 heteroatoms. The van der Waals surface area contributed by atoms with E-state index in [1.807, 2.05) is 37.0 Å². The van der Waals surface area contributed by atoms with Crippen LogP contribution in [0.1, 0.15) is 20.3 Å². The molecule has 1 heterocycles. The molecule has 1 atom stereocenters. The van der Waals surface area contributed by atoms with Gasteiger partial charge in [-0.1, -0.05) is 11.6 Å². The van der Waals surface area contributed by atoms with Crippen LogP contribution < -0.4 is 20.3 Å². The van der Waals surface area contributed by atoms with Crippen molar-refractivity contribution in [3.05, 3.63) is 23.2 Å². The molecule has 148 valence electrons. The first-order chi connectivity index (χ1) is 11.9.